The molecule has 4 aromatic rings. The third-order valence-electron chi connectivity index (χ3n) is 4.14. The van der Waals surface area contributed by atoms with Gasteiger partial charge in [-0.3, -0.25) is 4.79 Å². The van der Waals surface area contributed by atoms with Crippen molar-refractivity contribution in [3.05, 3.63) is 70.2 Å². The first-order valence-electron chi connectivity index (χ1n) is 8.75. The molecule has 0 unspecified atom stereocenters. The van der Waals surface area contributed by atoms with Crippen LogP contribution in [0.4, 0.5) is 23.2 Å². The number of pyridine rings is 2. The minimum Gasteiger partial charge on any atom is -0.320 e. The highest BCUT2D eigenvalue weighted by Crippen LogP contribution is 2.34. The van der Waals surface area contributed by atoms with E-state index < -0.39 is 29.2 Å². The van der Waals surface area contributed by atoms with Crippen LogP contribution in [0.5, 0.6) is 0 Å². The summed E-state index contributed by atoms with van der Waals surface area (Å²) in [6, 6.07) is 4.95. The molecule has 10 nitrogen and oxygen atoms in total. The monoisotopic (exact) mass is 521 g/mol. The van der Waals surface area contributed by atoms with E-state index in [0.29, 0.717) is 10.9 Å². The number of alkyl halides is 3. The summed E-state index contributed by atoms with van der Waals surface area (Å²) in [7, 11) is 0. The van der Waals surface area contributed by atoms with Crippen LogP contribution in [0.2, 0.25) is 0 Å². The Morgan fingerprint density at radius 1 is 1.15 bits per heavy atom. The van der Waals surface area contributed by atoms with Gasteiger partial charge in [0.2, 0.25) is 0 Å². The van der Waals surface area contributed by atoms with Crippen molar-refractivity contribution in [2.75, 3.05) is 5.32 Å². The summed E-state index contributed by atoms with van der Waals surface area (Å²) >= 11 is 2.80. The molecule has 1 amide bonds. The summed E-state index contributed by atoms with van der Waals surface area (Å²) in [5, 5.41) is 22.9. The summed E-state index contributed by atoms with van der Waals surface area (Å²) in [6.45, 7) is 0. The average molecular weight is 522 g/mol. The van der Waals surface area contributed by atoms with Gasteiger partial charge in [0, 0.05) is 0 Å². The summed E-state index contributed by atoms with van der Waals surface area (Å²) in [5.41, 5.74) is -2.31. The van der Waals surface area contributed by atoms with Gasteiger partial charge in [0.15, 0.2) is 23.1 Å². The van der Waals surface area contributed by atoms with Gasteiger partial charge in [-0.05, 0) is 34.1 Å². The maximum Gasteiger partial charge on any atom is 0.434 e. The Bertz CT molecular complexity index is 1390. The zero-order chi connectivity index (χ0) is 23.8. The number of hydrogen-bond acceptors (Lipinski definition) is 7. The number of anilines is 1. The van der Waals surface area contributed by atoms with Gasteiger partial charge in [0.25, 0.3) is 5.91 Å². The van der Waals surface area contributed by atoms with Crippen LogP contribution in [0, 0.1) is 17.1 Å². The van der Waals surface area contributed by atoms with E-state index in [4.69, 9.17) is 0 Å². The zero-order valence-corrected chi connectivity index (χ0v) is 17.5. The number of hydrogen-bond donors (Lipinski definition) is 1. The van der Waals surface area contributed by atoms with Gasteiger partial charge in [-0.1, -0.05) is 0 Å². The topological polar surface area (TPSA) is 127 Å². The first-order valence-corrected chi connectivity index (χ1v) is 9.54. The number of carbonyl (C=O) groups is 1. The van der Waals surface area contributed by atoms with E-state index in [1.54, 1.807) is 0 Å². The third-order valence-corrected chi connectivity index (χ3v) is 4.70. The summed E-state index contributed by atoms with van der Waals surface area (Å²) in [5.74, 6) is -2.24. The largest absolute Gasteiger partial charge is 0.434 e. The fraction of sp³-hybridized carbons (Fsp3) is 0.0556. The maximum absolute atomic E-state index is 13.8. The van der Waals surface area contributed by atoms with Gasteiger partial charge < -0.3 is 5.32 Å². The van der Waals surface area contributed by atoms with Gasteiger partial charge in [-0.15, -0.1) is 4.80 Å². The fourth-order valence-electron chi connectivity index (χ4n) is 2.78. The number of nitriles is 1. The smallest absolute Gasteiger partial charge is 0.320 e. The third kappa shape index (κ3) is 4.28. The molecule has 0 aliphatic rings. The Morgan fingerprint density at radius 3 is 2.52 bits per heavy atom. The molecule has 0 saturated carbocycles. The van der Waals surface area contributed by atoms with E-state index in [0.717, 1.165) is 23.1 Å². The molecule has 0 spiro atoms. The van der Waals surface area contributed by atoms with Gasteiger partial charge in [0.1, 0.15) is 16.2 Å². The van der Waals surface area contributed by atoms with Crippen molar-refractivity contribution >= 4 is 27.5 Å². The van der Waals surface area contributed by atoms with Crippen LogP contribution in [-0.4, -0.2) is 40.6 Å². The minimum atomic E-state index is -5.00. The SMILES string of the molecule is N#Cc1cc(NC(=O)c2cnn(-c3ccc(F)c(Br)n3)c2C(F)(F)F)cnc1-n1nccn1. The van der Waals surface area contributed by atoms with Crippen molar-refractivity contribution in [3.8, 4) is 17.7 Å². The molecule has 15 heteroatoms. The van der Waals surface area contributed by atoms with Crippen molar-refractivity contribution < 1.29 is 22.4 Å². The van der Waals surface area contributed by atoms with Crippen molar-refractivity contribution in [1.82, 2.24) is 34.7 Å². The summed E-state index contributed by atoms with van der Waals surface area (Å²) < 4.78 is 54.9. The van der Waals surface area contributed by atoms with Crippen LogP contribution in [0.15, 0.2) is 47.6 Å². The molecule has 0 bridgehead atoms. The Balaban J connectivity index is 1.70. The zero-order valence-electron chi connectivity index (χ0n) is 15.9. The van der Waals surface area contributed by atoms with Crippen LogP contribution in [0.1, 0.15) is 21.6 Å². The van der Waals surface area contributed by atoms with Gasteiger partial charge >= 0.3 is 6.18 Å². The Labute approximate surface area is 189 Å². The van der Waals surface area contributed by atoms with E-state index >= 15 is 0 Å². The summed E-state index contributed by atoms with van der Waals surface area (Å²) in [6.07, 6.45) is -0.435. The standard InChI is InChI=1S/C18H8BrF4N9O/c19-15-12(20)1-2-13(30-15)31-14(18(21,22)23)11(8-28-31)17(33)29-10-5-9(6-24)16(25-7-10)32-26-3-4-27-32/h1-5,7-8H,(H,29,33). The van der Waals surface area contributed by atoms with E-state index in [2.05, 4.69) is 46.5 Å². The van der Waals surface area contributed by atoms with Crippen molar-refractivity contribution in [1.29, 1.82) is 5.26 Å². The first kappa shape index (κ1) is 22.0. The van der Waals surface area contributed by atoms with Crippen LogP contribution in [0.3, 0.4) is 0 Å². The second-order valence-electron chi connectivity index (χ2n) is 6.24. The molecular weight excluding hydrogens is 514 g/mol. The maximum atomic E-state index is 13.8. The molecule has 4 heterocycles. The highest BCUT2D eigenvalue weighted by Gasteiger charge is 2.41. The van der Waals surface area contributed by atoms with Gasteiger partial charge in [-0.25, -0.2) is 19.0 Å². The molecule has 1 N–H and O–H groups in total. The second-order valence-corrected chi connectivity index (χ2v) is 6.99. The predicted molar refractivity (Wildman–Crippen MR) is 106 cm³/mol. The normalized spacial score (nSPS) is 11.3. The van der Waals surface area contributed by atoms with Crippen molar-refractivity contribution in [2.45, 2.75) is 6.18 Å². The summed E-state index contributed by atoms with van der Waals surface area (Å²) in [4.78, 5) is 21.4. The molecule has 0 aliphatic heterocycles. The lowest BCUT2D eigenvalue weighted by Crippen LogP contribution is -2.21. The quantitative estimate of drug-likeness (QED) is 0.322. The van der Waals surface area contributed by atoms with Crippen molar-refractivity contribution in [3.63, 3.8) is 0 Å². The molecule has 0 fully saturated rings. The van der Waals surface area contributed by atoms with E-state index in [1.807, 2.05) is 6.07 Å². The van der Waals surface area contributed by atoms with Crippen LogP contribution in [-0.2, 0) is 6.18 Å². The average Bonchev–Trinajstić information content (AvgIpc) is 3.45. The molecule has 0 atom stereocenters. The predicted octanol–water partition coefficient (Wildman–Crippen LogP) is 3.29. The minimum absolute atomic E-state index is 0.0314. The number of nitrogens with one attached hydrogen (secondary N) is 1. The highest BCUT2D eigenvalue weighted by molar-refractivity contribution is 9.10. The second kappa shape index (κ2) is 8.39. The molecule has 0 aliphatic carbocycles. The molecule has 33 heavy (non-hydrogen) atoms. The Morgan fingerprint density at radius 2 is 1.88 bits per heavy atom. The number of nitrogens with zero attached hydrogens (tertiary/aromatic N) is 8. The van der Waals surface area contributed by atoms with Crippen molar-refractivity contribution in [2.24, 2.45) is 0 Å². The fourth-order valence-corrected chi connectivity index (χ4v) is 3.09. The molecule has 0 saturated heterocycles. The Hall–Kier alpha value is -4.19. The Kier molecular flexibility index (Phi) is 5.60. The molecule has 0 aromatic carbocycles. The molecule has 166 valence electrons. The molecule has 4 rings (SSSR count). The lowest BCUT2D eigenvalue weighted by molar-refractivity contribution is -0.143. The van der Waals surface area contributed by atoms with Crippen LogP contribution < -0.4 is 5.32 Å². The van der Waals surface area contributed by atoms with Gasteiger partial charge in [-0.2, -0.15) is 33.7 Å². The highest BCUT2D eigenvalue weighted by atomic mass is 79.9. The lowest BCUT2D eigenvalue weighted by Gasteiger charge is -2.13. The molecular formula is C18H8BrF4N9O. The number of halogens is 5. The number of carbonyl (C=O) groups excluding carboxylic acids is 1. The lowest BCUT2D eigenvalue weighted by atomic mass is 10.2. The first-order chi connectivity index (χ1) is 15.7. The number of amides is 1. The van der Waals surface area contributed by atoms with E-state index in [-0.39, 0.29) is 27.5 Å². The number of aromatic nitrogens is 7. The van der Waals surface area contributed by atoms with E-state index in [9.17, 15) is 27.6 Å². The van der Waals surface area contributed by atoms with E-state index in [1.165, 1.54) is 18.5 Å². The van der Waals surface area contributed by atoms with Gasteiger partial charge in [0.05, 0.1) is 36.0 Å². The van der Waals surface area contributed by atoms with Crippen LogP contribution in [0.25, 0.3) is 11.6 Å². The van der Waals surface area contributed by atoms with Crippen LogP contribution >= 0.6 is 15.9 Å². The molecule has 0 radical (unpaired) electrons. The number of rotatable bonds is 4. The molecule has 4 aromatic heterocycles.